The molecule has 1 amide bonds. The van der Waals surface area contributed by atoms with Crippen LogP contribution in [0.25, 0.3) is 0 Å². The Balaban J connectivity index is 2.81. The van der Waals surface area contributed by atoms with Crippen molar-refractivity contribution in [1.82, 2.24) is 5.32 Å². The molecule has 0 fully saturated rings. The van der Waals surface area contributed by atoms with Crippen molar-refractivity contribution in [2.24, 2.45) is 5.73 Å². The summed E-state index contributed by atoms with van der Waals surface area (Å²) in [7, 11) is 0. The van der Waals surface area contributed by atoms with E-state index in [0.717, 1.165) is 18.2 Å². The molecule has 1 rings (SSSR count). The third-order valence-electron chi connectivity index (χ3n) is 1.63. The van der Waals surface area contributed by atoms with Crippen LogP contribution in [0.3, 0.4) is 0 Å². The van der Waals surface area contributed by atoms with Crippen molar-refractivity contribution in [3.05, 3.63) is 29.6 Å². The van der Waals surface area contributed by atoms with Crippen molar-refractivity contribution < 1.29 is 14.3 Å². The Kier molecular flexibility index (Phi) is 3.56. The molecule has 6 heteroatoms. The molecule has 0 atom stereocenters. The van der Waals surface area contributed by atoms with Crippen molar-refractivity contribution >= 4 is 23.1 Å². The van der Waals surface area contributed by atoms with Crippen LogP contribution in [-0.2, 0) is 0 Å². The molecule has 0 radical (unpaired) electrons. The van der Waals surface area contributed by atoms with Crippen LogP contribution in [0.1, 0.15) is 10.4 Å². The molecule has 4 nitrogen and oxygen atoms in total. The van der Waals surface area contributed by atoms with E-state index < -0.39 is 11.7 Å². The van der Waals surface area contributed by atoms with Gasteiger partial charge < -0.3 is 16.2 Å². The van der Waals surface area contributed by atoms with E-state index in [9.17, 15) is 14.3 Å². The summed E-state index contributed by atoms with van der Waals surface area (Å²) in [5.74, 6) is -1.52. The van der Waals surface area contributed by atoms with E-state index in [1.807, 2.05) is 0 Å². The maximum Gasteiger partial charge on any atom is 0.255 e. The number of aromatic hydroxyl groups is 1. The van der Waals surface area contributed by atoms with E-state index in [1.54, 1.807) is 0 Å². The molecule has 15 heavy (non-hydrogen) atoms. The van der Waals surface area contributed by atoms with Crippen LogP contribution in [0.15, 0.2) is 18.2 Å². The standard InChI is InChI=1S/C9H9FN2O2S/c10-5-1-2-7(13)6(3-5)9(14)12-4-8(11)15/h1-3,13H,4H2,(H2,11,15)(H,12,14). The summed E-state index contributed by atoms with van der Waals surface area (Å²) in [6, 6.07) is 3.09. The summed E-state index contributed by atoms with van der Waals surface area (Å²) in [5.41, 5.74) is 5.02. The van der Waals surface area contributed by atoms with Gasteiger partial charge in [-0.25, -0.2) is 4.39 Å². The zero-order chi connectivity index (χ0) is 11.4. The van der Waals surface area contributed by atoms with Crippen LogP contribution in [0.2, 0.25) is 0 Å². The molecule has 0 heterocycles. The molecule has 0 unspecified atom stereocenters. The molecule has 1 aromatic rings. The number of carbonyl (C=O) groups is 1. The summed E-state index contributed by atoms with van der Waals surface area (Å²) >= 11 is 4.55. The minimum atomic E-state index is -0.625. The molecule has 0 saturated heterocycles. The third kappa shape index (κ3) is 3.17. The van der Waals surface area contributed by atoms with Gasteiger partial charge in [0, 0.05) is 0 Å². The molecule has 0 saturated carbocycles. The van der Waals surface area contributed by atoms with Crippen LogP contribution in [0, 0.1) is 5.82 Å². The normalized spacial score (nSPS) is 9.67. The lowest BCUT2D eigenvalue weighted by atomic mass is 10.2. The molecule has 4 N–H and O–H groups in total. The Bertz CT molecular complexity index is 409. The van der Waals surface area contributed by atoms with Gasteiger partial charge in [0.2, 0.25) is 0 Å². The van der Waals surface area contributed by atoms with E-state index in [4.69, 9.17) is 5.73 Å². The second-order valence-electron chi connectivity index (χ2n) is 2.81. The summed E-state index contributed by atoms with van der Waals surface area (Å²) < 4.78 is 12.8. The van der Waals surface area contributed by atoms with Crippen molar-refractivity contribution in [3.8, 4) is 5.75 Å². The summed E-state index contributed by atoms with van der Waals surface area (Å²) in [5, 5.41) is 11.6. The van der Waals surface area contributed by atoms with Gasteiger partial charge in [-0.05, 0) is 18.2 Å². The van der Waals surface area contributed by atoms with Crippen molar-refractivity contribution in [2.45, 2.75) is 0 Å². The molecule has 80 valence electrons. The van der Waals surface area contributed by atoms with Gasteiger partial charge in [-0.3, -0.25) is 4.79 Å². The van der Waals surface area contributed by atoms with Gasteiger partial charge in [0.1, 0.15) is 11.6 Å². The fourth-order valence-corrected chi connectivity index (χ4v) is 1.02. The highest BCUT2D eigenvalue weighted by molar-refractivity contribution is 7.80. The predicted molar refractivity (Wildman–Crippen MR) is 57.2 cm³/mol. The van der Waals surface area contributed by atoms with Crippen LogP contribution in [-0.4, -0.2) is 22.5 Å². The lowest BCUT2D eigenvalue weighted by Crippen LogP contribution is -2.32. The first-order chi connectivity index (χ1) is 7.00. The fraction of sp³-hybridized carbons (Fsp3) is 0.111. The zero-order valence-electron chi connectivity index (χ0n) is 7.66. The molecule has 0 spiro atoms. The summed E-state index contributed by atoms with van der Waals surface area (Å²) in [6.07, 6.45) is 0. The first kappa shape index (κ1) is 11.4. The van der Waals surface area contributed by atoms with E-state index in [-0.39, 0.29) is 22.8 Å². The van der Waals surface area contributed by atoms with E-state index in [0.29, 0.717) is 0 Å². The second-order valence-corrected chi connectivity index (χ2v) is 3.33. The fourth-order valence-electron chi connectivity index (χ4n) is 0.953. The molecular formula is C9H9FN2O2S. The number of amides is 1. The first-order valence-corrected chi connectivity index (χ1v) is 4.46. The molecule has 0 bridgehead atoms. The first-order valence-electron chi connectivity index (χ1n) is 4.05. The molecule has 0 aromatic heterocycles. The van der Waals surface area contributed by atoms with Crippen LogP contribution in [0.4, 0.5) is 4.39 Å². The van der Waals surface area contributed by atoms with Gasteiger partial charge in [-0.15, -0.1) is 0 Å². The lowest BCUT2D eigenvalue weighted by Gasteiger charge is -2.05. The number of benzene rings is 1. The Morgan fingerprint density at radius 2 is 2.27 bits per heavy atom. The third-order valence-corrected chi connectivity index (χ3v) is 1.77. The lowest BCUT2D eigenvalue weighted by molar-refractivity contribution is 0.0956. The highest BCUT2D eigenvalue weighted by Crippen LogP contribution is 2.17. The number of hydrogen-bond donors (Lipinski definition) is 3. The minimum absolute atomic E-state index is 0.00409. The second kappa shape index (κ2) is 4.70. The van der Waals surface area contributed by atoms with Gasteiger partial charge in [0.25, 0.3) is 5.91 Å². The quantitative estimate of drug-likeness (QED) is 0.660. The van der Waals surface area contributed by atoms with Gasteiger partial charge in [-0.1, -0.05) is 12.2 Å². The average Bonchev–Trinajstić information content (AvgIpc) is 2.18. The van der Waals surface area contributed by atoms with Gasteiger partial charge in [-0.2, -0.15) is 0 Å². The SMILES string of the molecule is NC(=S)CNC(=O)c1cc(F)ccc1O. The molecule has 0 aliphatic carbocycles. The van der Waals surface area contributed by atoms with E-state index in [2.05, 4.69) is 17.5 Å². The van der Waals surface area contributed by atoms with Gasteiger partial charge in [0.15, 0.2) is 0 Å². The van der Waals surface area contributed by atoms with E-state index >= 15 is 0 Å². The number of nitrogens with one attached hydrogen (secondary N) is 1. The Morgan fingerprint density at radius 1 is 1.60 bits per heavy atom. The Hall–Kier alpha value is -1.69. The smallest absolute Gasteiger partial charge is 0.255 e. The Labute approximate surface area is 90.9 Å². The molecule has 0 aliphatic heterocycles. The number of thiocarbonyl (C=S) groups is 1. The number of rotatable bonds is 3. The zero-order valence-corrected chi connectivity index (χ0v) is 8.47. The van der Waals surface area contributed by atoms with Crippen LogP contribution >= 0.6 is 12.2 Å². The number of phenols is 1. The number of hydrogen-bond acceptors (Lipinski definition) is 3. The monoisotopic (exact) mass is 228 g/mol. The van der Waals surface area contributed by atoms with Crippen molar-refractivity contribution in [2.75, 3.05) is 6.54 Å². The largest absolute Gasteiger partial charge is 0.507 e. The van der Waals surface area contributed by atoms with E-state index in [1.165, 1.54) is 0 Å². The number of carbonyl (C=O) groups excluding carboxylic acids is 1. The molecule has 1 aromatic carbocycles. The topological polar surface area (TPSA) is 75.3 Å². The predicted octanol–water partition coefficient (Wildman–Crippen LogP) is 0.547. The van der Waals surface area contributed by atoms with Crippen molar-refractivity contribution in [1.29, 1.82) is 0 Å². The Morgan fingerprint density at radius 3 is 2.87 bits per heavy atom. The van der Waals surface area contributed by atoms with Crippen molar-refractivity contribution in [3.63, 3.8) is 0 Å². The number of nitrogens with two attached hydrogens (primary N) is 1. The number of phenolic OH excluding ortho intramolecular Hbond substituents is 1. The maximum absolute atomic E-state index is 12.8. The van der Waals surface area contributed by atoms with Gasteiger partial charge >= 0.3 is 0 Å². The molecule has 0 aliphatic rings. The highest BCUT2D eigenvalue weighted by Gasteiger charge is 2.11. The summed E-state index contributed by atoms with van der Waals surface area (Å²) in [6.45, 7) is 0.00409. The summed E-state index contributed by atoms with van der Waals surface area (Å²) in [4.78, 5) is 11.5. The number of halogens is 1. The highest BCUT2D eigenvalue weighted by atomic mass is 32.1. The van der Waals surface area contributed by atoms with Gasteiger partial charge in [0.05, 0.1) is 17.1 Å². The molecular weight excluding hydrogens is 219 g/mol. The minimum Gasteiger partial charge on any atom is -0.507 e. The maximum atomic E-state index is 12.8. The average molecular weight is 228 g/mol. The van der Waals surface area contributed by atoms with Crippen LogP contribution < -0.4 is 11.1 Å². The van der Waals surface area contributed by atoms with Crippen LogP contribution in [0.5, 0.6) is 5.75 Å².